The lowest BCUT2D eigenvalue weighted by atomic mass is 9.92. The van der Waals surface area contributed by atoms with E-state index in [1.165, 1.54) is 0 Å². The van der Waals surface area contributed by atoms with E-state index in [9.17, 15) is 18.0 Å². The molecule has 8 nitrogen and oxygen atoms in total. The van der Waals surface area contributed by atoms with Crippen LogP contribution in [-0.4, -0.2) is 63.0 Å². The largest absolute Gasteiger partial charge is 0.497 e. The number of likely N-dealkylation sites (tertiary alicyclic amines) is 1. The molecule has 0 unspecified atom stereocenters. The minimum atomic E-state index is -3.00. The number of urea groups is 1. The number of carbonyl (C=O) groups excluding carboxylic acids is 2. The number of sulfone groups is 1. The van der Waals surface area contributed by atoms with Gasteiger partial charge in [-0.25, -0.2) is 13.2 Å². The smallest absolute Gasteiger partial charge is 0.317 e. The third kappa shape index (κ3) is 6.35. The number of methoxy groups -OCH3 is 1. The lowest BCUT2D eigenvalue weighted by molar-refractivity contribution is -0.116. The SMILES string of the molecule is COc1cccc(NC(=O)CCC2CCN(C(=O)N[C@@H]3CCS(=O)(=O)C3)CC2)c1. The highest BCUT2D eigenvalue weighted by atomic mass is 32.2. The quantitative estimate of drug-likeness (QED) is 0.728. The number of anilines is 1. The van der Waals surface area contributed by atoms with Crippen LogP contribution in [0.25, 0.3) is 0 Å². The predicted molar refractivity (Wildman–Crippen MR) is 111 cm³/mol. The molecule has 2 aliphatic heterocycles. The molecule has 3 amide bonds. The number of carbonyl (C=O) groups is 2. The van der Waals surface area contributed by atoms with Gasteiger partial charge in [0.05, 0.1) is 18.6 Å². The van der Waals surface area contributed by atoms with Gasteiger partial charge in [-0.15, -0.1) is 0 Å². The summed E-state index contributed by atoms with van der Waals surface area (Å²) in [6.07, 6.45) is 3.42. The summed E-state index contributed by atoms with van der Waals surface area (Å²) in [6, 6.07) is 6.81. The third-order valence-electron chi connectivity index (χ3n) is 5.59. The van der Waals surface area contributed by atoms with Crippen molar-refractivity contribution in [1.82, 2.24) is 10.2 Å². The van der Waals surface area contributed by atoms with Crippen molar-refractivity contribution in [1.29, 1.82) is 0 Å². The maximum absolute atomic E-state index is 12.3. The zero-order valence-electron chi connectivity index (χ0n) is 16.7. The monoisotopic (exact) mass is 423 g/mol. The fourth-order valence-corrected chi connectivity index (χ4v) is 5.53. The summed E-state index contributed by atoms with van der Waals surface area (Å²) in [5.74, 6) is 1.27. The molecule has 0 spiro atoms. The number of hydrogen-bond donors (Lipinski definition) is 2. The summed E-state index contributed by atoms with van der Waals surface area (Å²) < 4.78 is 28.2. The van der Waals surface area contributed by atoms with Crippen LogP contribution >= 0.6 is 0 Å². The topological polar surface area (TPSA) is 105 Å². The van der Waals surface area contributed by atoms with E-state index in [4.69, 9.17) is 4.74 Å². The number of nitrogens with one attached hydrogen (secondary N) is 2. The van der Waals surface area contributed by atoms with Gasteiger partial charge in [-0.2, -0.15) is 0 Å². The molecule has 2 aliphatic rings. The van der Waals surface area contributed by atoms with Crippen molar-refractivity contribution in [3.05, 3.63) is 24.3 Å². The van der Waals surface area contributed by atoms with Crippen LogP contribution < -0.4 is 15.4 Å². The third-order valence-corrected chi connectivity index (χ3v) is 7.36. The fraction of sp³-hybridized carbons (Fsp3) is 0.600. The Hall–Kier alpha value is -2.29. The molecule has 0 saturated carbocycles. The molecule has 9 heteroatoms. The Bertz CT molecular complexity index is 834. The van der Waals surface area contributed by atoms with E-state index in [0.717, 1.165) is 24.9 Å². The average molecular weight is 424 g/mol. The van der Waals surface area contributed by atoms with Crippen molar-refractivity contribution in [3.8, 4) is 5.75 Å². The van der Waals surface area contributed by atoms with E-state index in [1.54, 1.807) is 18.1 Å². The van der Waals surface area contributed by atoms with Gasteiger partial charge in [0, 0.05) is 37.3 Å². The molecule has 1 aromatic carbocycles. The second-order valence-corrected chi connectivity index (χ2v) is 10.0. The summed E-state index contributed by atoms with van der Waals surface area (Å²) in [5, 5.41) is 5.73. The molecular weight excluding hydrogens is 394 g/mol. The minimum absolute atomic E-state index is 0.0270. The standard InChI is InChI=1S/C20H29N3O5S/c1-28-18-4-2-3-16(13-18)21-19(24)6-5-15-7-10-23(11-8-15)20(25)22-17-9-12-29(26,27)14-17/h2-4,13,15,17H,5-12,14H2,1H3,(H,21,24)(H,22,25)/t17-/m1/s1. The number of rotatable bonds is 6. The van der Waals surface area contributed by atoms with Gasteiger partial charge in [0.1, 0.15) is 5.75 Å². The molecule has 2 fully saturated rings. The van der Waals surface area contributed by atoms with Crippen LogP contribution in [-0.2, 0) is 14.6 Å². The number of ether oxygens (including phenoxy) is 1. The average Bonchev–Trinajstić information content (AvgIpc) is 3.05. The second-order valence-electron chi connectivity index (χ2n) is 7.80. The van der Waals surface area contributed by atoms with Gasteiger partial charge < -0.3 is 20.3 Å². The van der Waals surface area contributed by atoms with Crippen molar-refractivity contribution in [3.63, 3.8) is 0 Å². The Kier molecular flexibility index (Phi) is 7.00. The maximum atomic E-state index is 12.3. The van der Waals surface area contributed by atoms with Crippen LogP contribution in [0.3, 0.4) is 0 Å². The molecule has 0 aliphatic carbocycles. The Morgan fingerprint density at radius 3 is 2.62 bits per heavy atom. The van der Waals surface area contributed by atoms with Crippen molar-refractivity contribution >= 4 is 27.5 Å². The summed E-state index contributed by atoms with van der Waals surface area (Å²) in [5.41, 5.74) is 0.717. The van der Waals surface area contributed by atoms with E-state index in [-0.39, 0.29) is 29.5 Å². The van der Waals surface area contributed by atoms with Crippen molar-refractivity contribution in [2.24, 2.45) is 5.92 Å². The number of hydrogen-bond acceptors (Lipinski definition) is 5. The normalized spacial score (nSPS) is 21.6. The molecule has 2 heterocycles. The Labute approximate surface area is 171 Å². The van der Waals surface area contributed by atoms with Crippen molar-refractivity contribution in [2.75, 3.05) is 37.0 Å². The van der Waals surface area contributed by atoms with Gasteiger partial charge in [-0.1, -0.05) is 6.07 Å². The first kappa shape index (κ1) is 21.4. The van der Waals surface area contributed by atoms with Gasteiger partial charge in [-0.3, -0.25) is 4.79 Å². The lowest BCUT2D eigenvalue weighted by Gasteiger charge is -2.32. The first-order chi connectivity index (χ1) is 13.8. The number of piperidine rings is 1. The predicted octanol–water partition coefficient (Wildman–Crippen LogP) is 2.02. The number of nitrogens with zero attached hydrogens (tertiary/aromatic N) is 1. The van der Waals surface area contributed by atoms with Gasteiger partial charge in [0.15, 0.2) is 9.84 Å². The molecule has 1 aromatic rings. The van der Waals surface area contributed by atoms with Crippen LogP contribution in [0.4, 0.5) is 10.5 Å². The molecule has 2 saturated heterocycles. The van der Waals surface area contributed by atoms with E-state index >= 15 is 0 Å². The highest BCUT2D eigenvalue weighted by molar-refractivity contribution is 7.91. The Morgan fingerprint density at radius 2 is 1.97 bits per heavy atom. The Morgan fingerprint density at radius 1 is 1.21 bits per heavy atom. The molecule has 3 rings (SSSR count). The zero-order valence-corrected chi connectivity index (χ0v) is 17.5. The van der Waals surface area contributed by atoms with Gasteiger partial charge in [0.2, 0.25) is 5.91 Å². The van der Waals surface area contributed by atoms with Crippen LogP contribution in [0.1, 0.15) is 32.1 Å². The molecule has 29 heavy (non-hydrogen) atoms. The van der Waals surface area contributed by atoms with E-state index in [2.05, 4.69) is 10.6 Å². The fourth-order valence-electron chi connectivity index (χ4n) is 3.86. The molecule has 2 N–H and O–H groups in total. The highest BCUT2D eigenvalue weighted by Crippen LogP contribution is 2.23. The molecule has 0 radical (unpaired) electrons. The van der Waals surface area contributed by atoms with Gasteiger partial charge >= 0.3 is 6.03 Å². The molecular formula is C20H29N3O5S. The van der Waals surface area contributed by atoms with E-state index < -0.39 is 9.84 Å². The van der Waals surface area contributed by atoms with Crippen molar-refractivity contribution in [2.45, 2.75) is 38.1 Å². The lowest BCUT2D eigenvalue weighted by Crippen LogP contribution is -2.48. The molecule has 160 valence electrons. The summed E-state index contributed by atoms with van der Waals surface area (Å²) in [4.78, 5) is 26.3. The van der Waals surface area contributed by atoms with Crippen LogP contribution in [0.5, 0.6) is 5.75 Å². The zero-order chi connectivity index (χ0) is 20.9. The van der Waals surface area contributed by atoms with Crippen molar-refractivity contribution < 1.29 is 22.7 Å². The van der Waals surface area contributed by atoms with Crippen LogP contribution in [0.2, 0.25) is 0 Å². The second kappa shape index (κ2) is 9.47. The first-order valence-corrected chi connectivity index (χ1v) is 11.9. The first-order valence-electron chi connectivity index (χ1n) is 10.0. The summed E-state index contributed by atoms with van der Waals surface area (Å²) in [6.45, 7) is 1.26. The number of benzene rings is 1. The highest BCUT2D eigenvalue weighted by Gasteiger charge is 2.31. The van der Waals surface area contributed by atoms with E-state index in [0.29, 0.717) is 37.6 Å². The molecule has 0 aromatic heterocycles. The van der Waals surface area contributed by atoms with Gasteiger partial charge in [-0.05, 0) is 43.7 Å². The number of amides is 3. The Balaban J connectivity index is 1.36. The molecule has 0 bridgehead atoms. The van der Waals surface area contributed by atoms with Gasteiger partial charge in [0.25, 0.3) is 0 Å². The minimum Gasteiger partial charge on any atom is -0.497 e. The maximum Gasteiger partial charge on any atom is 0.317 e. The van der Waals surface area contributed by atoms with Crippen LogP contribution in [0.15, 0.2) is 24.3 Å². The molecule has 1 atom stereocenters. The van der Waals surface area contributed by atoms with Crippen LogP contribution in [0, 0.1) is 5.92 Å². The summed E-state index contributed by atoms with van der Waals surface area (Å²) >= 11 is 0. The van der Waals surface area contributed by atoms with E-state index in [1.807, 2.05) is 18.2 Å². The summed E-state index contributed by atoms with van der Waals surface area (Å²) in [7, 11) is -1.41.